The van der Waals surface area contributed by atoms with Gasteiger partial charge in [-0.1, -0.05) is 55.8 Å². The lowest BCUT2D eigenvalue weighted by molar-refractivity contribution is 0.0955. The van der Waals surface area contributed by atoms with Gasteiger partial charge in [-0.3, -0.25) is 4.79 Å². The molecule has 1 saturated heterocycles. The van der Waals surface area contributed by atoms with Gasteiger partial charge in [0.2, 0.25) is 0 Å². The Balaban J connectivity index is 1.61. The lowest BCUT2D eigenvalue weighted by atomic mass is 9.87. The number of piperidine rings is 1. The molecule has 144 valence electrons. The van der Waals surface area contributed by atoms with E-state index < -0.39 is 0 Å². The largest absolute Gasteiger partial charge is 0.348 e. The first-order valence-corrected chi connectivity index (χ1v) is 10.4. The average Bonchev–Trinajstić information content (AvgIpc) is 3.02. The van der Waals surface area contributed by atoms with E-state index in [9.17, 15) is 4.79 Å². The van der Waals surface area contributed by atoms with E-state index in [0.29, 0.717) is 10.7 Å². The number of nitrogens with zero attached hydrogens (tertiary/aromatic N) is 3. The molecule has 0 radical (unpaired) electrons. The van der Waals surface area contributed by atoms with Crippen molar-refractivity contribution in [1.29, 1.82) is 0 Å². The van der Waals surface area contributed by atoms with Crippen molar-refractivity contribution in [3.8, 4) is 0 Å². The van der Waals surface area contributed by atoms with E-state index in [2.05, 4.69) is 41.2 Å². The van der Waals surface area contributed by atoms with Gasteiger partial charge in [0, 0.05) is 18.7 Å². The molecule has 0 spiro atoms. The summed E-state index contributed by atoms with van der Waals surface area (Å²) in [4.78, 5) is 19.7. The number of aromatic nitrogens is 1. The Morgan fingerprint density at radius 3 is 2.52 bits per heavy atom. The van der Waals surface area contributed by atoms with Gasteiger partial charge in [-0.15, -0.1) is 0 Å². The molecule has 1 aromatic heterocycles. The number of hydrazone groups is 1. The molecule has 1 aliphatic rings. The molecule has 1 N–H and O–H groups in total. The Labute approximate surface area is 169 Å². The van der Waals surface area contributed by atoms with Gasteiger partial charge >= 0.3 is 0 Å². The van der Waals surface area contributed by atoms with Gasteiger partial charge in [-0.05, 0) is 42.4 Å². The first-order chi connectivity index (χ1) is 12.8. The molecule has 2 aromatic rings. The minimum atomic E-state index is -0.247. The molecule has 0 saturated carbocycles. The van der Waals surface area contributed by atoms with Crippen molar-refractivity contribution < 1.29 is 4.79 Å². The van der Waals surface area contributed by atoms with Gasteiger partial charge in [0.1, 0.15) is 0 Å². The number of benzene rings is 1. The Kier molecular flexibility index (Phi) is 6.17. The van der Waals surface area contributed by atoms with Crippen molar-refractivity contribution in [2.75, 3.05) is 18.0 Å². The highest BCUT2D eigenvalue weighted by atomic mass is 35.5. The number of carbonyl (C=O) groups is 1. The molecule has 3 rings (SSSR count). The Bertz CT molecular complexity index is 817. The predicted molar refractivity (Wildman–Crippen MR) is 113 cm³/mol. The van der Waals surface area contributed by atoms with Crippen LogP contribution in [-0.2, 0) is 5.41 Å². The number of anilines is 1. The molecule has 1 aromatic carbocycles. The molecule has 2 heterocycles. The summed E-state index contributed by atoms with van der Waals surface area (Å²) in [6.07, 6.45) is 5.21. The second kappa shape index (κ2) is 8.40. The number of hydrogen-bond acceptors (Lipinski definition) is 5. The highest BCUT2D eigenvalue weighted by Crippen LogP contribution is 2.30. The smallest absolute Gasteiger partial charge is 0.271 e. The molecular formula is C20H25ClN4OS. The fourth-order valence-corrected chi connectivity index (χ4v) is 4.11. The van der Waals surface area contributed by atoms with Crippen molar-refractivity contribution in [2.24, 2.45) is 5.10 Å². The fraction of sp³-hybridized carbons (Fsp3) is 0.450. The first kappa shape index (κ1) is 19.8. The zero-order valence-corrected chi connectivity index (χ0v) is 17.5. The monoisotopic (exact) mass is 404 g/mol. The topological polar surface area (TPSA) is 57.6 Å². The highest BCUT2D eigenvalue weighted by molar-refractivity contribution is 7.17. The molecule has 5 nitrogen and oxygen atoms in total. The summed E-state index contributed by atoms with van der Waals surface area (Å²) >= 11 is 7.73. The first-order valence-electron chi connectivity index (χ1n) is 9.20. The summed E-state index contributed by atoms with van der Waals surface area (Å²) in [6.45, 7) is 8.46. The van der Waals surface area contributed by atoms with Crippen LogP contribution in [0.2, 0.25) is 5.15 Å². The zero-order chi connectivity index (χ0) is 19.4. The number of amides is 1. The van der Waals surface area contributed by atoms with E-state index in [4.69, 9.17) is 11.6 Å². The number of thiazole rings is 1. The summed E-state index contributed by atoms with van der Waals surface area (Å²) in [7, 11) is 0. The lowest BCUT2D eigenvalue weighted by Crippen LogP contribution is -2.29. The van der Waals surface area contributed by atoms with Gasteiger partial charge in [0.05, 0.1) is 11.1 Å². The van der Waals surface area contributed by atoms with Crippen LogP contribution in [0.5, 0.6) is 0 Å². The van der Waals surface area contributed by atoms with E-state index in [1.807, 2.05) is 24.3 Å². The number of rotatable bonds is 4. The van der Waals surface area contributed by atoms with E-state index in [1.165, 1.54) is 36.2 Å². The van der Waals surface area contributed by atoms with Gasteiger partial charge in [0.15, 0.2) is 10.3 Å². The molecule has 0 aliphatic carbocycles. The standard InChI is InChI=1S/C20H25ClN4OS/c1-20(2,3)15-9-7-14(8-10-15)18(26)24-22-13-16-17(21)23-19(27-16)25-11-5-4-6-12-25/h7-10,13H,4-6,11-12H2,1-3H3,(H,24,26)/b22-13-. The van der Waals surface area contributed by atoms with E-state index in [1.54, 1.807) is 6.21 Å². The van der Waals surface area contributed by atoms with Crippen LogP contribution in [0, 0.1) is 0 Å². The molecule has 0 unspecified atom stereocenters. The fourth-order valence-electron chi connectivity index (χ4n) is 2.94. The van der Waals surface area contributed by atoms with Crippen molar-refractivity contribution >= 4 is 40.2 Å². The maximum absolute atomic E-state index is 12.3. The third-order valence-corrected chi connectivity index (χ3v) is 6.04. The van der Waals surface area contributed by atoms with Crippen LogP contribution in [0.25, 0.3) is 0 Å². The molecule has 1 fully saturated rings. The minimum Gasteiger partial charge on any atom is -0.348 e. The summed E-state index contributed by atoms with van der Waals surface area (Å²) in [5, 5.41) is 5.40. The maximum atomic E-state index is 12.3. The lowest BCUT2D eigenvalue weighted by Gasteiger charge is -2.25. The number of halogens is 1. The van der Waals surface area contributed by atoms with Crippen LogP contribution in [0.1, 0.15) is 60.8 Å². The average molecular weight is 405 g/mol. The number of nitrogens with one attached hydrogen (secondary N) is 1. The minimum absolute atomic E-state index is 0.0577. The molecule has 7 heteroatoms. The summed E-state index contributed by atoms with van der Waals surface area (Å²) in [5.74, 6) is -0.247. The zero-order valence-electron chi connectivity index (χ0n) is 16.0. The second-order valence-electron chi connectivity index (χ2n) is 7.73. The van der Waals surface area contributed by atoms with Crippen molar-refractivity contribution in [3.63, 3.8) is 0 Å². The maximum Gasteiger partial charge on any atom is 0.271 e. The molecule has 1 amide bonds. The molecule has 1 aliphatic heterocycles. The van der Waals surface area contributed by atoms with Crippen LogP contribution in [0.4, 0.5) is 5.13 Å². The Morgan fingerprint density at radius 2 is 1.89 bits per heavy atom. The van der Waals surface area contributed by atoms with Crippen LogP contribution < -0.4 is 10.3 Å². The normalized spacial score (nSPS) is 15.3. The van der Waals surface area contributed by atoms with Crippen LogP contribution in [0.15, 0.2) is 29.4 Å². The molecule has 27 heavy (non-hydrogen) atoms. The van der Waals surface area contributed by atoms with E-state index >= 15 is 0 Å². The molecule has 0 atom stereocenters. The number of carbonyl (C=O) groups excluding carboxylic acids is 1. The van der Waals surface area contributed by atoms with Crippen molar-refractivity contribution in [3.05, 3.63) is 45.4 Å². The third kappa shape index (κ3) is 5.08. The van der Waals surface area contributed by atoms with Gasteiger partial charge in [-0.25, -0.2) is 10.4 Å². The van der Waals surface area contributed by atoms with Gasteiger partial charge in [-0.2, -0.15) is 5.10 Å². The summed E-state index contributed by atoms with van der Waals surface area (Å²) in [6, 6.07) is 7.59. The third-order valence-electron chi connectivity index (χ3n) is 4.59. The summed E-state index contributed by atoms with van der Waals surface area (Å²) in [5.41, 5.74) is 4.37. The predicted octanol–water partition coefficient (Wildman–Crippen LogP) is 4.85. The number of hydrogen-bond donors (Lipinski definition) is 1. The Morgan fingerprint density at radius 1 is 1.22 bits per heavy atom. The van der Waals surface area contributed by atoms with Gasteiger partial charge in [0.25, 0.3) is 5.91 Å². The quantitative estimate of drug-likeness (QED) is 0.585. The SMILES string of the molecule is CC(C)(C)c1ccc(C(=O)N/N=C\c2sc(N3CCCCC3)nc2Cl)cc1. The second-order valence-corrected chi connectivity index (χ2v) is 9.09. The Hall–Kier alpha value is -1.92. The van der Waals surface area contributed by atoms with E-state index in [0.717, 1.165) is 23.1 Å². The van der Waals surface area contributed by atoms with Crippen molar-refractivity contribution in [2.45, 2.75) is 45.4 Å². The highest BCUT2D eigenvalue weighted by Gasteiger charge is 2.17. The van der Waals surface area contributed by atoms with Crippen LogP contribution >= 0.6 is 22.9 Å². The molecule has 0 bridgehead atoms. The van der Waals surface area contributed by atoms with Crippen LogP contribution in [0.3, 0.4) is 0 Å². The van der Waals surface area contributed by atoms with Crippen molar-refractivity contribution in [1.82, 2.24) is 10.4 Å². The van der Waals surface area contributed by atoms with E-state index in [-0.39, 0.29) is 11.3 Å². The molecular weight excluding hydrogens is 380 g/mol. The van der Waals surface area contributed by atoms with Gasteiger partial charge < -0.3 is 4.90 Å². The van der Waals surface area contributed by atoms with Crippen LogP contribution in [-0.4, -0.2) is 30.2 Å². The summed E-state index contributed by atoms with van der Waals surface area (Å²) < 4.78 is 0.